The van der Waals surface area contributed by atoms with Crippen LogP contribution in [0.4, 0.5) is 0 Å². The summed E-state index contributed by atoms with van der Waals surface area (Å²) in [4.78, 5) is 43.6. The number of azo groups is 2. The quantitative estimate of drug-likeness (QED) is 0.288. The van der Waals surface area contributed by atoms with E-state index in [9.17, 15) is 19.2 Å². The van der Waals surface area contributed by atoms with Gasteiger partial charge in [-0.25, -0.2) is 9.59 Å². The number of nitriles is 2. The number of carboxylic acids is 2. The van der Waals surface area contributed by atoms with Crippen molar-refractivity contribution in [2.45, 2.75) is 89.4 Å². The highest BCUT2D eigenvalue weighted by molar-refractivity contribution is 5.81. The zero-order valence-corrected chi connectivity index (χ0v) is 21.9. The molecule has 0 aromatic heterocycles. The Bertz CT molecular complexity index is 873. The lowest BCUT2D eigenvalue weighted by molar-refractivity contribution is -0.148. The molecule has 0 fully saturated rings. The average Bonchev–Trinajstić information content (AvgIpc) is 2.83. The van der Waals surface area contributed by atoms with Crippen molar-refractivity contribution in [2.75, 3.05) is 14.2 Å². The molecule has 0 bridgehead atoms. The predicted molar refractivity (Wildman–Crippen MR) is 124 cm³/mol. The van der Waals surface area contributed by atoms with Crippen molar-refractivity contribution in [3.63, 3.8) is 0 Å². The van der Waals surface area contributed by atoms with Gasteiger partial charge >= 0.3 is 23.9 Å². The van der Waals surface area contributed by atoms with E-state index in [1.54, 1.807) is 27.7 Å². The molecule has 0 aliphatic heterocycles. The maximum Gasteiger partial charge on any atom is 0.335 e. The highest BCUT2D eigenvalue weighted by Crippen LogP contribution is 2.23. The molecule has 0 radical (unpaired) electrons. The molecular formula is C22H34N6O8. The van der Waals surface area contributed by atoms with Crippen LogP contribution in [0.15, 0.2) is 20.5 Å². The smallest absolute Gasteiger partial charge is 0.335 e. The van der Waals surface area contributed by atoms with E-state index in [4.69, 9.17) is 20.7 Å². The molecule has 14 nitrogen and oxygen atoms in total. The summed E-state index contributed by atoms with van der Waals surface area (Å²) in [7, 11) is 2.54. The second-order valence-corrected chi connectivity index (χ2v) is 9.06. The average molecular weight is 511 g/mol. The van der Waals surface area contributed by atoms with Crippen LogP contribution in [-0.2, 0) is 28.7 Å². The first-order valence-electron chi connectivity index (χ1n) is 10.6. The van der Waals surface area contributed by atoms with E-state index in [1.165, 1.54) is 28.1 Å². The maximum atomic E-state index is 11.3. The van der Waals surface area contributed by atoms with E-state index >= 15 is 0 Å². The highest BCUT2D eigenvalue weighted by atomic mass is 16.5. The topological polar surface area (TPSA) is 224 Å². The minimum atomic E-state index is -1.35. The third-order valence-electron chi connectivity index (χ3n) is 4.54. The normalized spacial score (nSPS) is 14.8. The summed E-state index contributed by atoms with van der Waals surface area (Å²) in [6, 6.07) is 3.69. The van der Waals surface area contributed by atoms with Crippen LogP contribution in [0.3, 0.4) is 0 Å². The van der Waals surface area contributed by atoms with Crippen LogP contribution in [0.5, 0.6) is 0 Å². The molecule has 200 valence electrons. The van der Waals surface area contributed by atoms with Gasteiger partial charge < -0.3 is 19.7 Å². The molecule has 0 saturated heterocycles. The molecule has 0 aromatic carbocycles. The number of hydrogen-bond donors (Lipinski definition) is 2. The number of carbonyl (C=O) groups is 4. The minimum absolute atomic E-state index is 0.0389. The van der Waals surface area contributed by atoms with E-state index in [0.29, 0.717) is 0 Å². The number of hydrogen-bond acceptors (Lipinski definition) is 12. The Morgan fingerprint density at radius 2 is 0.944 bits per heavy atom. The fourth-order valence-electron chi connectivity index (χ4n) is 2.01. The lowest BCUT2D eigenvalue weighted by Gasteiger charge is -2.19. The second kappa shape index (κ2) is 14.5. The van der Waals surface area contributed by atoms with Crippen LogP contribution in [0, 0.1) is 22.7 Å². The minimum Gasteiger partial charge on any atom is -0.481 e. The molecule has 2 atom stereocenters. The molecule has 0 amide bonds. The Labute approximate surface area is 210 Å². The second-order valence-electron chi connectivity index (χ2n) is 9.06. The van der Waals surface area contributed by atoms with Crippen molar-refractivity contribution in [3.05, 3.63) is 0 Å². The summed E-state index contributed by atoms with van der Waals surface area (Å²) in [5, 5.41) is 50.3. The third kappa shape index (κ3) is 13.1. The van der Waals surface area contributed by atoms with E-state index < -0.39 is 46.0 Å². The maximum absolute atomic E-state index is 11.3. The van der Waals surface area contributed by atoms with E-state index in [1.807, 2.05) is 12.1 Å². The molecule has 0 heterocycles. The lowest BCUT2D eigenvalue weighted by Crippen LogP contribution is -2.34. The van der Waals surface area contributed by atoms with Crippen molar-refractivity contribution in [2.24, 2.45) is 20.5 Å². The van der Waals surface area contributed by atoms with E-state index in [0.717, 1.165) is 0 Å². The Hall–Kier alpha value is -3.94. The van der Waals surface area contributed by atoms with Gasteiger partial charge in [-0.2, -0.15) is 31.0 Å². The standard InChI is InChI=1S/C12H16N4O4.C10H18N2O4/c1-11(7-13,5-3-9(17)18)15-16-12(2,8-14)6-4-10(19)20;1-9(2,7(13)15-5)11-12-10(3,4)8(14)16-6/h3-6H2,1-2H3,(H,17,18)(H,19,20);1-6H3. The highest BCUT2D eigenvalue weighted by Gasteiger charge is 2.33. The molecule has 0 rings (SSSR count). The molecule has 2 N–H and O–H groups in total. The number of nitrogens with zero attached hydrogens (tertiary/aromatic N) is 6. The van der Waals surface area contributed by atoms with Gasteiger partial charge in [-0.05, 0) is 54.4 Å². The Morgan fingerprint density at radius 3 is 1.14 bits per heavy atom. The van der Waals surface area contributed by atoms with Gasteiger partial charge in [0.25, 0.3) is 0 Å². The number of ether oxygens (including phenoxy) is 2. The fourth-order valence-corrected chi connectivity index (χ4v) is 2.01. The molecular weight excluding hydrogens is 476 g/mol. The molecule has 0 saturated carbocycles. The molecule has 0 spiro atoms. The number of esters is 2. The Kier molecular flexibility index (Phi) is 13.7. The number of rotatable bonds is 12. The Balaban J connectivity index is 0. The molecule has 0 aliphatic carbocycles. The molecule has 0 aromatic rings. The van der Waals surface area contributed by atoms with Crippen molar-refractivity contribution < 1.29 is 38.9 Å². The van der Waals surface area contributed by atoms with Gasteiger partial charge in [0.1, 0.15) is 0 Å². The fraction of sp³-hybridized carbons (Fsp3) is 0.727. The van der Waals surface area contributed by atoms with Crippen molar-refractivity contribution in [1.29, 1.82) is 10.5 Å². The number of methoxy groups -OCH3 is 2. The van der Waals surface area contributed by atoms with Gasteiger partial charge in [0.05, 0.1) is 26.4 Å². The lowest BCUT2D eigenvalue weighted by atomic mass is 9.97. The van der Waals surface area contributed by atoms with Crippen molar-refractivity contribution in [3.8, 4) is 12.1 Å². The summed E-state index contributed by atoms with van der Waals surface area (Å²) in [6.07, 6.45) is -0.575. The van der Waals surface area contributed by atoms with Crippen LogP contribution in [-0.4, -0.2) is 70.5 Å². The van der Waals surface area contributed by atoms with Gasteiger partial charge in [0.15, 0.2) is 22.2 Å². The largest absolute Gasteiger partial charge is 0.481 e. The van der Waals surface area contributed by atoms with Crippen LogP contribution in [0.25, 0.3) is 0 Å². The first kappa shape index (κ1) is 34.2. The van der Waals surface area contributed by atoms with Crippen LogP contribution < -0.4 is 0 Å². The molecule has 36 heavy (non-hydrogen) atoms. The monoisotopic (exact) mass is 510 g/mol. The van der Waals surface area contributed by atoms with Crippen molar-refractivity contribution >= 4 is 23.9 Å². The van der Waals surface area contributed by atoms with Crippen molar-refractivity contribution in [1.82, 2.24) is 0 Å². The van der Waals surface area contributed by atoms with Gasteiger partial charge in [0, 0.05) is 12.8 Å². The third-order valence-corrected chi connectivity index (χ3v) is 4.54. The summed E-state index contributed by atoms with van der Waals surface area (Å²) in [6.45, 7) is 9.03. The van der Waals surface area contributed by atoms with E-state index in [2.05, 4.69) is 29.9 Å². The van der Waals surface area contributed by atoms with Crippen LogP contribution in [0.1, 0.15) is 67.2 Å². The summed E-state index contributed by atoms with van der Waals surface area (Å²) in [5.74, 6) is -3.15. The molecule has 0 aliphatic rings. The molecule has 14 heteroatoms. The summed E-state index contributed by atoms with van der Waals surface area (Å²) < 4.78 is 9.12. The molecule has 2 unspecified atom stereocenters. The van der Waals surface area contributed by atoms with Crippen LogP contribution in [0.2, 0.25) is 0 Å². The van der Waals surface area contributed by atoms with Gasteiger partial charge in [-0.15, -0.1) is 0 Å². The SMILES string of the molecule is CC(C#N)(CCC(=O)O)N=NC(C)(C#N)CCC(=O)O.COC(=O)C(C)(C)N=NC(C)(C)C(=O)OC. The first-order chi connectivity index (χ1) is 16.3. The van der Waals surface area contributed by atoms with Gasteiger partial charge in [0.2, 0.25) is 0 Å². The zero-order valence-electron chi connectivity index (χ0n) is 21.9. The van der Waals surface area contributed by atoms with Gasteiger partial charge in [-0.3, -0.25) is 9.59 Å². The number of carbonyl (C=O) groups excluding carboxylic acids is 2. The number of aliphatic carboxylic acids is 2. The Morgan fingerprint density at radius 1 is 0.667 bits per heavy atom. The van der Waals surface area contributed by atoms with Gasteiger partial charge in [-0.1, -0.05) is 0 Å². The zero-order chi connectivity index (χ0) is 28.8. The number of carboxylic acid groups (broad SMARTS) is 2. The predicted octanol–water partition coefficient (Wildman–Crippen LogP) is 3.07. The van der Waals surface area contributed by atoms with Crippen LogP contribution >= 0.6 is 0 Å². The first-order valence-corrected chi connectivity index (χ1v) is 10.6. The summed E-state index contributed by atoms with van der Waals surface area (Å²) in [5.41, 5.74) is -4.92. The summed E-state index contributed by atoms with van der Waals surface area (Å²) >= 11 is 0. The van der Waals surface area contributed by atoms with E-state index in [-0.39, 0.29) is 25.7 Å².